The molecule has 0 atom stereocenters. The molecule has 0 saturated carbocycles. The van der Waals surface area contributed by atoms with E-state index in [0.29, 0.717) is 44.6 Å². The highest BCUT2D eigenvalue weighted by molar-refractivity contribution is 7.89. The van der Waals surface area contributed by atoms with Gasteiger partial charge >= 0.3 is 0 Å². The Bertz CT molecular complexity index is 829. The maximum atomic E-state index is 12.6. The predicted octanol–water partition coefficient (Wildman–Crippen LogP) is 2.12. The molecule has 1 N–H and O–H groups in total. The van der Waals surface area contributed by atoms with Gasteiger partial charge in [-0.25, -0.2) is 12.7 Å². The van der Waals surface area contributed by atoms with E-state index in [1.165, 1.54) is 4.31 Å². The van der Waals surface area contributed by atoms with Crippen LogP contribution >= 0.6 is 0 Å². The Morgan fingerprint density at radius 3 is 2.52 bits per heavy atom. The molecule has 27 heavy (non-hydrogen) atoms. The van der Waals surface area contributed by atoms with Gasteiger partial charge in [0.15, 0.2) is 0 Å². The van der Waals surface area contributed by atoms with Crippen LogP contribution in [0.2, 0.25) is 0 Å². The van der Waals surface area contributed by atoms with Gasteiger partial charge in [0, 0.05) is 43.3 Å². The van der Waals surface area contributed by atoms with Crippen molar-refractivity contribution < 1.29 is 18.0 Å². The van der Waals surface area contributed by atoms with Crippen LogP contribution < -0.4 is 10.2 Å². The molecule has 2 fully saturated rings. The first kappa shape index (κ1) is 19.8. The lowest BCUT2D eigenvalue weighted by molar-refractivity contribution is -0.121. The highest BCUT2D eigenvalue weighted by atomic mass is 32.2. The van der Waals surface area contributed by atoms with Crippen LogP contribution in [0.1, 0.15) is 38.2 Å². The summed E-state index contributed by atoms with van der Waals surface area (Å²) < 4.78 is 25.3. The first-order chi connectivity index (χ1) is 12.8. The van der Waals surface area contributed by atoms with Crippen molar-refractivity contribution >= 4 is 33.2 Å². The van der Waals surface area contributed by atoms with E-state index >= 15 is 0 Å². The number of carbonyl (C=O) groups is 2. The standard InChI is InChI=1S/C19H27N3O4S/c1-3-27(25,26)21-11-8-15(9-12-21)19(24)20-16-7-6-14(2)17(13-16)22-10-4-5-18(22)23/h6-7,13,15H,3-5,8-12H2,1-2H3,(H,20,24). The summed E-state index contributed by atoms with van der Waals surface area (Å²) in [5.41, 5.74) is 2.52. The molecule has 2 aliphatic heterocycles. The number of benzene rings is 1. The normalized spacial score (nSPS) is 19.5. The smallest absolute Gasteiger partial charge is 0.227 e. The summed E-state index contributed by atoms with van der Waals surface area (Å²) in [6.07, 6.45) is 2.46. The van der Waals surface area contributed by atoms with Gasteiger partial charge in [0.2, 0.25) is 21.8 Å². The molecule has 0 radical (unpaired) electrons. The van der Waals surface area contributed by atoms with Crippen LogP contribution in [0.4, 0.5) is 11.4 Å². The van der Waals surface area contributed by atoms with Crippen LogP contribution in [0.5, 0.6) is 0 Å². The highest BCUT2D eigenvalue weighted by Gasteiger charge is 2.30. The topological polar surface area (TPSA) is 86.8 Å². The molecule has 0 bridgehead atoms. The van der Waals surface area contributed by atoms with E-state index in [0.717, 1.165) is 17.7 Å². The van der Waals surface area contributed by atoms with E-state index in [9.17, 15) is 18.0 Å². The van der Waals surface area contributed by atoms with Crippen LogP contribution in [0, 0.1) is 12.8 Å². The predicted molar refractivity (Wildman–Crippen MR) is 105 cm³/mol. The fraction of sp³-hybridized carbons (Fsp3) is 0.579. The minimum atomic E-state index is -3.19. The molecule has 8 heteroatoms. The van der Waals surface area contributed by atoms with Crippen molar-refractivity contribution in [1.82, 2.24) is 4.31 Å². The minimum absolute atomic E-state index is 0.0885. The number of amides is 2. The monoisotopic (exact) mass is 393 g/mol. The minimum Gasteiger partial charge on any atom is -0.326 e. The zero-order valence-electron chi connectivity index (χ0n) is 15.9. The van der Waals surface area contributed by atoms with E-state index in [1.54, 1.807) is 11.8 Å². The molecule has 7 nitrogen and oxygen atoms in total. The summed E-state index contributed by atoms with van der Waals surface area (Å²) in [6, 6.07) is 5.61. The van der Waals surface area contributed by atoms with Gasteiger partial charge in [-0.2, -0.15) is 0 Å². The summed E-state index contributed by atoms with van der Waals surface area (Å²) in [7, 11) is -3.19. The lowest BCUT2D eigenvalue weighted by Gasteiger charge is -2.30. The van der Waals surface area contributed by atoms with Crippen LogP contribution in [0.25, 0.3) is 0 Å². The van der Waals surface area contributed by atoms with Crippen LogP contribution in [0.3, 0.4) is 0 Å². The van der Waals surface area contributed by atoms with Crippen molar-refractivity contribution in [1.29, 1.82) is 0 Å². The molecular weight excluding hydrogens is 366 g/mol. The molecule has 1 aromatic carbocycles. The number of anilines is 2. The van der Waals surface area contributed by atoms with Crippen LogP contribution in [-0.2, 0) is 19.6 Å². The van der Waals surface area contributed by atoms with Gasteiger partial charge in [0.1, 0.15) is 0 Å². The van der Waals surface area contributed by atoms with Crippen molar-refractivity contribution in [3.63, 3.8) is 0 Å². The zero-order chi connectivity index (χ0) is 19.6. The molecule has 0 aromatic heterocycles. The molecule has 148 valence electrons. The molecule has 0 unspecified atom stereocenters. The van der Waals surface area contributed by atoms with Gasteiger partial charge in [-0.1, -0.05) is 6.07 Å². The van der Waals surface area contributed by atoms with E-state index in [1.807, 2.05) is 25.1 Å². The molecule has 2 saturated heterocycles. The molecule has 0 aliphatic carbocycles. The molecule has 2 amide bonds. The molecule has 0 spiro atoms. The van der Waals surface area contributed by atoms with Crippen molar-refractivity contribution in [3.8, 4) is 0 Å². The third-order valence-corrected chi connectivity index (χ3v) is 7.31. The Morgan fingerprint density at radius 1 is 1.22 bits per heavy atom. The maximum absolute atomic E-state index is 12.6. The number of hydrogen-bond donors (Lipinski definition) is 1. The second kappa shape index (κ2) is 7.98. The number of hydrogen-bond acceptors (Lipinski definition) is 4. The van der Waals surface area contributed by atoms with E-state index in [-0.39, 0.29) is 23.5 Å². The van der Waals surface area contributed by atoms with Gasteiger partial charge in [0.05, 0.1) is 5.75 Å². The van der Waals surface area contributed by atoms with Gasteiger partial charge in [-0.05, 0) is 50.8 Å². The summed E-state index contributed by atoms with van der Waals surface area (Å²) in [4.78, 5) is 26.4. The number of rotatable bonds is 5. The van der Waals surface area contributed by atoms with Gasteiger partial charge in [-0.15, -0.1) is 0 Å². The molecule has 2 aliphatic rings. The summed E-state index contributed by atoms with van der Waals surface area (Å²) >= 11 is 0. The highest BCUT2D eigenvalue weighted by Crippen LogP contribution is 2.29. The second-order valence-electron chi connectivity index (χ2n) is 7.21. The number of piperidine rings is 1. The number of nitrogens with zero attached hydrogens (tertiary/aromatic N) is 2. The lowest BCUT2D eigenvalue weighted by atomic mass is 9.97. The largest absolute Gasteiger partial charge is 0.326 e. The third kappa shape index (κ3) is 4.32. The Balaban J connectivity index is 1.64. The Hall–Kier alpha value is -1.93. The first-order valence-electron chi connectivity index (χ1n) is 9.51. The SMILES string of the molecule is CCS(=O)(=O)N1CCC(C(=O)Nc2ccc(C)c(N3CCCC3=O)c2)CC1. The molecule has 3 rings (SSSR count). The number of sulfonamides is 1. The lowest BCUT2D eigenvalue weighted by Crippen LogP contribution is -2.42. The Labute approximate surface area is 160 Å². The van der Waals surface area contributed by atoms with Crippen LogP contribution in [0.15, 0.2) is 18.2 Å². The second-order valence-corrected chi connectivity index (χ2v) is 9.47. The number of carbonyl (C=O) groups excluding carboxylic acids is 2. The van der Waals surface area contributed by atoms with Crippen LogP contribution in [-0.4, -0.2) is 49.9 Å². The quantitative estimate of drug-likeness (QED) is 0.830. The van der Waals surface area contributed by atoms with Crippen molar-refractivity contribution in [2.24, 2.45) is 5.92 Å². The average molecular weight is 394 g/mol. The van der Waals surface area contributed by atoms with Gasteiger partial charge in [-0.3, -0.25) is 9.59 Å². The van der Waals surface area contributed by atoms with Crippen molar-refractivity contribution in [3.05, 3.63) is 23.8 Å². The first-order valence-corrected chi connectivity index (χ1v) is 11.1. The third-order valence-electron chi connectivity index (χ3n) is 5.42. The fourth-order valence-corrected chi connectivity index (χ4v) is 4.84. The Kier molecular flexibility index (Phi) is 5.86. The molecule has 2 heterocycles. The molecule has 1 aromatic rings. The van der Waals surface area contributed by atoms with Gasteiger partial charge in [0.25, 0.3) is 0 Å². The maximum Gasteiger partial charge on any atom is 0.227 e. The van der Waals surface area contributed by atoms with E-state index < -0.39 is 10.0 Å². The summed E-state index contributed by atoms with van der Waals surface area (Å²) in [5.74, 6) is -0.0887. The fourth-order valence-electron chi connectivity index (χ4n) is 3.70. The number of aryl methyl sites for hydroxylation is 1. The van der Waals surface area contributed by atoms with E-state index in [4.69, 9.17) is 0 Å². The average Bonchev–Trinajstić information content (AvgIpc) is 3.09. The summed E-state index contributed by atoms with van der Waals surface area (Å²) in [6.45, 7) is 5.07. The van der Waals surface area contributed by atoms with Crippen molar-refractivity contribution in [2.75, 3.05) is 35.6 Å². The zero-order valence-corrected chi connectivity index (χ0v) is 16.7. The van der Waals surface area contributed by atoms with E-state index in [2.05, 4.69) is 5.32 Å². The van der Waals surface area contributed by atoms with Crippen molar-refractivity contribution in [2.45, 2.75) is 39.5 Å². The Morgan fingerprint density at radius 2 is 1.93 bits per heavy atom. The van der Waals surface area contributed by atoms with Gasteiger partial charge < -0.3 is 10.2 Å². The summed E-state index contributed by atoms with van der Waals surface area (Å²) in [5, 5.41) is 2.94. The number of nitrogens with one attached hydrogen (secondary N) is 1. The molecular formula is C19H27N3O4S.